The highest BCUT2D eigenvalue weighted by Gasteiger charge is 2.16. The molecule has 0 aliphatic rings. The molecule has 0 spiro atoms. The van der Waals surface area contributed by atoms with Crippen LogP contribution < -0.4 is 4.90 Å². The van der Waals surface area contributed by atoms with Crippen LogP contribution >= 0.6 is 0 Å². The summed E-state index contributed by atoms with van der Waals surface area (Å²) in [5.41, 5.74) is 0.461. The first-order valence-corrected chi connectivity index (χ1v) is 6.59. The second-order valence-corrected chi connectivity index (χ2v) is 5.66. The second-order valence-electron chi connectivity index (χ2n) is 5.66. The van der Waals surface area contributed by atoms with Crippen LogP contribution in [0.1, 0.15) is 38.1 Å². The summed E-state index contributed by atoms with van der Waals surface area (Å²) in [6.07, 6.45) is 0. The minimum Gasteiger partial charge on any atom is -0.478 e. The predicted octanol–water partition coefficient (Wildman–Crippen LogP) is 3.64. The van der Waals surface area contributed by atoms with Gasteiger partial charge in [-0.25, -0.2) is 9.18 Å². The molecule has 0 saturated carbocycles. The van der Waals surface area contributed by atoms with Crippen LogP contribution in [-0.4, -0.2) is 24.2 Å². The maximum Gasteiger partial charge on any atom is 0.335 e. The van der Waals surface area contributed by atoms with Gasteiger partial charge in [0.2, 0.25) is 0 Å². The van der Waals surface area contributed by atoms with E-state index in [1.165, 1.54) is 6.07 Å². The third kappa shape index (κ3) is 4.54. The number of benzene rings is 1. The molecule has 4 heteroatoms. The minimum atomic E-state index is -1.11. The summed E-state index contributed by atoms with van der Waals surface area (Å²) in [6.45, 7) is 9.82. The molecule has 1 rings (SSSR count). The average Bonchev–Trinajstić information content (AvgIpc) is 2.26. The van der Waals surface area contributed by atoms with Crippen molar-refractivity contribution in [3.63, 3.8) is 0 Å². The maximum absolute atomic E-state index is 14.1. The molecule has 0 aromatic heterocycles. The summed E-state index contributed by atoms with van der Waals surface area (Å²) in [7, 11) is 0. The lowest BCUT2D eigenvalue weighted by Crippen LogP contribution is -2.32. The molecule has 0 aliphatic heterocycles. The third-order valence-corrected chi connectivity index (χ3v) is 2.71. The maximum atomic E-state index is 14.1. The van der Waals surface area contributed by atoms with E-state index in [9.17, 15) is 9.18 Å². The standard InChI is InChI=1S/C15H22FNO2/c1-10(2)8-17(9-11(3)4)14-6-5-12(15(18)19)7-13(14)16/h5-7,10-11H,8-9H2,1-4H3,(H,18,19). The molecule has 0 heterocycles. The Labute approximate surface area is 114 Å². The number of rotatable bonds is 6. The largest absolute Gasteiger partial charge is 0.478 e. The number of hydrogen-bond acceptors (Lipinski definition) is 2. The molecule has 0 amide bonds. The van der Waals surface area contributed by atoms with Crippen LogP contribution in [0.4, 0.5) is 10.1 Å². The zero-order chi connectivity index (χ0) is 14.6. The molecule has 3 nitrogen and oxygen atoms in total. The Kier molecular flexibility index (Phi) is 5.33. The van der Waals surface area contributed by atoms with Gasteiger partial charge < -0.3 is 10.0 Å². The van der Waals surface area contributed by atoms with Crippen molar-refractivity contribution >= 4 is 11.7 Å². The van der Waals surface area contributed by atoms with Crippen molar-refractivity contribution in [3.05, 3.63) is 29.6 Å². The van der Waals surface area contributed by atoms with Gasteiger partial charge in [-0.05, 0) is 30.0 Å². The topological polar surface area (TPSA) is 40.5 Å². The fraction of sp³-hybridized carbons (Fsp3) is 0.533. The summed E-state index contributed by atoms with van der Waals surface area (Å²) in [6, 6.07) is 4.10. The average molecular weight is 267 g/mol. The van der Waals surface area contributed by atoms with E-state index in [0.717, 1.165) is 19.2 Å². The van der Waals surface area contributed by atoms with E-state index in [0.29, 0.717) is 17.5 Å². The number of carboxylic acid groups (broad SMARTS) is 1. The minimum absolute atomic E-state index is 0.0182. The first kappa shape index (κ1) is 15.5. The van der Waals surface area contributed by atoms with Crippen molar-refractivity contribution in [2.75, 3.05) is 18.0 Å². The van der Waals surface area contributed by atoms with Crippen molar-refractivity contribution in [2.45, 2.75) is 27.7 Å². The lowest BCUT2D eigenvalue weighted by Gasteiger charge is -2.29. The zero-order valence-electron chi connectivity index (χ0n) is 12.0. The van der Waals surface area contributed by atoms with Crippen LogP contribution in [0.2, 0.25) is 0 Å². The molecule has 1 aromatic carbocycles. The Morgan fingerprint density at radius 2 is 1.74 bits per heavy atom. The molecule has 106 valence electrons. The van der Waals surface area contributed by atoms with E-state index in [1.807, 2.05) is 4.90 Å². The second kappa shape index (κ2) is 6.55. The summed E-state index contributed by atoms with van der Waals surface area (Å²) in [5.74, 6) is -0.750. The van der Waals surface area contributed by atoms with Gasteiger partial charge in [0, 0.05) is 13.1 Å². The first-order valence-electron chi connectivity index (χ1n) is 6.59. The van der Waals surface area contributed by atoms with E-state index >= 15 is 0 Å². The molecule has 0 atom stereocenters. The van der Waals surface area contributed by atoms with E-state index < -0.39 is 11.8 Å². The van der Waals surface area contributed by atoms with Gasteiger partial charge in [-0.2, -0.15) is 0 Å². The van der Waals surface area contributed by atoms with Gasteiger partial charge in [0.05, 0.1) is 11.3 Å². The Morgan fingerprint density at radius 1 is 1.21 bits per heavy atom. The Bertz CT molecular complexity index is 434. The normalized spacial score (nSPS) is 11.1. The van der Waals surface area contributed by atoms with Gasteiger partial charge in [0.1, 0.15) is 5.82 Å². The van der Waals surface area contributed by atoms with E-state index in [2.05, 4.69) is 27.7 Å². The highest BCUT2D eigenvalue weighted by atomic mass is 19.1. The van der Waals surface area contributed by atoms with Gasteiger partial charge in [-0.3, -0.25) is 0 Å². The van der Waals surface area contributed by atoms with Gasteiger partial charge in [0.25, 0.3) is 0 Å². The molecule has 0 radical (unpaired) electrons. The number of carboxylic acids is 1. The predicted molar refractivity (Wildman–Crippen MR) is 75.2 cm³/mol. The fourth-order valence-corrected chi connectivity index (χ4v) is 2.05. The molecule has 0 saturated heterocycles. The first-order chi connectivity index (χ1) is 8.81. The van der Waals surface area contributed by atoms with Crippen molar-refractivity contribution in [3.8, 4) is 0 Å². The molecule has 1 aromatic rings. The summed E-state index contributed by atoms with van der Waals surface area (Å²) in [4.78, 5) is 12.8. The van der Waals surface area contributed by atoms with Crippen LogP contribution in [0.25, 0.3) is 0 Å². The van der Waals surface area contributed by atoms with Gasteiger partial charge in [-0.15, -0.1) is 0 Å². The number of hydrogen-bond donors (Lipinski definition) is 1. The highest BCUT2D eigenvalue weighted by Crippen LogP contribution is 2.23. The number of carbonyl (C=O) groups is 1. The van der Waals surface area contributed by atoms with Gasteiger partial charge in [-0.1, -0.05) is 27.7 Å². The van der Waals surface area contributed by atoms with Crippen LogP contribution in [0, 0.1) is 17.7 Å². The number of nitrogens with zero attached hydrogens (tertiary/aromatic N) is 1. The van der Waals surface area contributed by atoms with E-state index in [4.69, 9.17) is 5.11 Å². The smallest absolute Gasteiger partial charge is 0.335 e. The molecular formula is C15H22FNO2. The number of halogens is 1. The lowest BCUT2D eigenvalue weighted by molar-refractivity contribution is 0.0696. The van der Waals surface area contributed by atoms with Gasteiger partial charge in [0.15, 0.2) is 0 Å². The number of anilines is 1. The quantitative estimate of drug-likeness (QED) is 0.855. The molecule has 0 fully saturated rings. The third-order valence-electron chi connectivity index (χ3n) is 2.71. The molecule has 0 aliphatic carbocycles. The Balaban J connectivity index is 3.04. The summed E-state index contributed by atoms with van der Waals surface area (Å²) < 4.78 is 14.1. The molecule has 0 bridgehead atoms. The van der Waals surface area contributed by atoms with Crippen molar-refractivity contribution in [1.82, 2.24) is 0 Å². The Hall–Kier alpha value is -1.58. The van der Waals surface area contributed by atoms with Gasteiger partial charge >= 0.3 is 5.97 Å². The monoisotopic (exact) mass is 267 g/mol. The van der Waals surface area contributed by atoms with Crippen molar-refractivity contribution in [1.29, 1.82) is 0 Å². The lowest BCUT2D eigenvalue weighted by atomic mass is 10.1. The van der Waals surface area contributed by atoms with Crippen LogP contribution in [0.15, 0.2) is 18.2 Å². The molecule has 1 N–H and O–H groups in total. The van der Waals surface area contributed by atoms with E-state index in [1.54, 1.807) is 6.07 Å². The molecule has 0 unspecified atom stereocenters. The molecular weight excluding hydrogens is 245 g/mol. The van der Waals surface area contributed by atoms with Crippen LogP contribution in [0.5, 0.6) is 0 Å². The zero-order valence-corrected chi connectivity index (χ0v) is 12.0. The fourth-order valence-electron chi connectivity index (χ4n) is 2.05. The summed E-state index contributed by atoms with van der Waals surface area (Å²) in [5, 5.41) is 8.85. The molecule has 19 heavy (non-hydrogen) atoms. The van der Waals surface area contributed by atoms with E-state index in [-0.39, 0.29) is 5.56 Å². The highest BCUT2D eigenvalue weighted by molar-refractivity contribution is 5.88. The van der Waals surface area contributed by atoms with Crippen LogP contribution in [0.3, 0.4) is 0 Å². The van der Waals surface area contributed by atoms with Crippen molar-refractivity contribution in [2.24, 2.45) is 11.8 Å². The van der Waals surface area contributed by atoms with Crippen molar-refractivity contribution < 1.29 is 14.3 Å². The SMILES string of the molecule is CC(C)CN(CC(C)C)c1ccc(C(=O)O)cc1F. The number of aromatic carboxylic acids is 1. The Morgan fingerprint density at radius 3 is 2.11 bits per heavy atom. The van der Waals surface area contributed by atoms with Crippen LogP contribution in [-0.2, 0) is 0 Å². The summed E-state index contributed by atoms with van der Waals surface area (Å²) >= 11 is 0.